The highest BCUT2D eigenvalue weighted by atomic mass is 32.2. The van der Waals surface area contributed by atoms with Crippen molar-refractivity contribution < 1.29 is 8.42 Å². The van der Waals surface area contributed by atoms with Crippen LogP contribution in [0.1, 0.15) is 19.4 Å². The molecule has 0 aliphatic carbocycles. The molecule has 0 spiro atoms. The predicted octanol–water partition coefficient (Wildman–Crippen LogP) is 1.77. The van der Waals surface area contributed by atoms with Gasteiger partial charge in [-0.2, -0.15) is 0 Å². The summed E-state index contributed by atoms with van der Waals surface area (Å²) < 4.78 is 24.1. The molecule has 1 atom stereocenters. The van der Waals surface area contributed by atoms with E-state index in [9.17, 15) is 8.42 Å². The van der Waals surface area contributed by atoms with Crippen molar-refractivity contribution in [2.75, 3.05) is 12.3 Å². The summed E-state index contributed by atoms with van der Waals surface area (Å²) in [5.74, 6) is 0.143. The molecule has 0 heterocycles. The Labute approximate surface area is 97.8 Å². The fourth-order valence-corrected chi connectivity index (χ4v) is 3.26. The Morgan fingerprint density at radius 2 is 2.06 bits per heavy atom. The van der Waals surface area contributed by atoms with Crippen molar-refractivity contribution in [3.05, 3.63) is 29.8 Å². The molecule has 0 aliphatic rings. The van der Waals surface area contributed by atoms with E-state index in [0.717, 1.165) is 12.1 Å². The highest BCUT2D eigenvalue weighted by Crippen LogP contribution is 2.13. The van der Waals surface area contributed by atoms with E-state index in [4.69, 9.17) is 0 Å². The fraction of sp³-hybridized carbons (Fsp3) is 0.500. The van der Waals surface area contributed by atoms with Gasteiger partial charge in [0, 0.05) is 6.04 Å². The van der Waals surface area contributed by atoms with Gasteiger partial charge in [-0.25, -0.2) is 8.42 Å². The van der Waals surface area contributed by atoms with Crippen molar-refractivity contribution in [3.63, 3.8) is 0 Å². The van der Waals surface area contributed by atoms with E-state index in [0.29, 0.717) is 4.90 Å². The van der Waals surface area contributed by atoms with Crippen LogP contribution in [0.2, 0.25) is 0 Å². The molecule has 0 aromatic heterocycles. The van der Waals surface area contributed by atoms with Gasteiger partial charge in [-0.3, -0.25) is 0 Å². The average Bonchev–Trinajstić information content (AvgIpc) is 2.17. The minimum absolute atomic E-state index is 0.0180. The van der Waals surface area contributed by atoms with Gasteiger partial charge >= 0.3 is 0 Å². The zero-order valence-electron chi connectivity index (χ0n) is 10.0. The van der Waals surface area contributed by atoms with Crippen molar-refractivity contribution in [2.45, 2.75) is 31.7 Å². The molecule has 0 fully saturated rings. The summed E-state index contributed by atoms with van der Waals surface area (Å²) in [6, 6.07) is 7.03. The molecule has 0 radical (unpaired) electrons. The van der Waals surface area contributed by atoms with Crippen molar-refractivity contribution in [2.24, 2.45) is 0 Å². The zero-order chi connectivity index (χ0) is 12.2. The molecule has 1 aromatic rings. The Kier molecular flexibility index (Phi) is 4.50. The lowest BCUT2D eigenvalue weighted by molar-refractivity contribution is 0.566. The number of nitrogens with one attached hydrogen (secondary N) is 1. The monoisotopic (exact) mass is 241 g/mol. The summed E-state index contributed by atoms with van der Waals surface area (Å²) in [4.78, 5) is 0.414. The molecule has 0 amide bonds. The number of aryl methyl sites for hydroxylation is 1. The molecule has 1 unspecified atom stereocenters. The van der Waals surface area contributed by atoms with E-state index in [-0.39, 0.29) is 11.8 Å². The lowest BCUT2D eigenvalue weighted by Gasteiger charge is -2.12. The molecule has 1 N–H and O–H groups in total. The quantitative estimate of drug-likeness (QED) is 0.854. The van der Waals surface area contributed by atoms with Gasteiger partial charge in [0.15, 0.2) is 9.84 Å². The second kappa shape index (κ2) is 5.46. The number of hydrogen-bond donors (Lipinski definition) is 1. The Morgan fingerprint density at radius 1 is 1.38 bits per heavy atom. The first-order valence-corrected chi connectivity index (χ1v) is 7.13. The first-order chi connectivity index (χ1) is 7.45. The van der Waals surface area contributed by atoms with Gasteiger partial charge in [0.05, 0.1) is 10.6 Å². The molecule has 1 aromatic carbocycles. The largest absolute Gasteiger partial charge is 0.314 e. The molecular formula is C12H19NO2S. The molecular weight excluding hydrogens is 222 g/mol. The van der Waals surface area contributed by atoms with Crippen molar-refractivity contribution in [1.82, 2.24) is 5.32 Å². The van der Waals surface area contributed by atoms with Crippen LogP contribution in [0.3, 0.4) is 0 Å². The van der Waals surface area contributed by atoms with Crippen molar-refractivity contribution >= 4 is 9.84 Å². The third kappa shape index (κ3) is 3.61. The summed E-state index contributed by atoms with van der Waals surface area (Å²) in [5.41, 5.74) is 0.970. The van der Waals surface area contributed by atoms with Crippen molar-refractivity contribution in [1.29, 1.82) is 0 Å². The number of hydrogen-bond acceptors (Lipinski definition) is 3. The van der Waals surface area contributed by atoms with Gasteiger partial charge in [0.25, 0.3) is 0 Å². The van der Waals surface area contributed by atoms with Gasteiger partial charge < -0.3 is 5.32 Å². The topological polar surface area (TPSA) is 46.2 Å². The lowest BCUT2D eigenvalue weighted by Crippen LogP contribution is -2.32. The van der Waals surface area contributed by atoms with Crippen LogP contribution in [-0.2, 0) is 9.84 Å². The van der Waals surface area contributed by atoms with Crippen LogP contribution in [0.5, 0.6) is 0 Å². The molecule has 3 nitrogen and oxygen atoms in total. The first kappa shape index (κ1) is 13.2. The van der Waals surface area contributed by atoms with Crippen LogP contribution in [-0.4, -0.2) is 26.8 Å². The van der Waals surface area contributed by atoms with Crippen LogP contribution in [0.15, 0.2) is 29.2 Å². The molecule has 1 rings (SSSR count). The van der Waals surface area contributed by atoms with Crippen LogP contribution in [0, 0.1) is 6.92 Å². The maximum absolute atomic E-state index is 12.0. The summed E-state index contributed by atoms with van der Waals surface area (Å²) in [6.45, 7) is 6.53. The van der Waals surface area contributed by atoms with Gasteiger partial charge in [0.2, 0.25) is 0 Å². The summed E-state index contributed by atoms with van der Waals surface area (Å²) in [7, 11) is -3.17. The third-order valence-corrected chi connectivity index (χ3v) is 4.28. The summed E-state index contributed by atoms with van der Waals surface area (Å²) in [6.07, 6.45) is 0. The summed E-state index contributed by atoms with van der Waals surface area (Å²) in [5, 5.41) is 3.11. The number of rotatable bonds is 5. The van der Waals surface area contributed by atoms with Gasteiger partial charge in [0.1, 0.15) is 0 Å². The lowest BCUT2D eigenvalue weighted by atomic mass is 10.2. The van der Waals surface area contributed by atoms with E-state index in [1.165, 1.54) is 0 Å². The SMILES string of the molecule is CCNC(C)CS(=O)(=O)c1cccc(C)c1. The molecule has 0 saturated heterocycles. The van der Waals surface area contributed by atoms with E-state index < -0.39 is 9.84 Å². The highest BCUT2D eigenvalue weighted by molar-refractivity contribution is 7.91. The van der Waals surface area contributed by atoms with Gasteiger partial charge in [-0.15, -0.1) is 0 Å². The maximum atomic E-state index is 12.0. The zero-order valence-corrected chi connectivity index (χ0v) is 10.8. The van der Waals surface area contributed by atoms with E-state index >= 15 is 0 Å². The second-order valence-corrected chi connectivity index (χ2v) is 6.09. The van der Waals surface area contributed by atoms with Crippen LogP contribution < -0.4 is 5.32 Å². The smallest absolute Gasteiger partial charge is 0.179 e. The predicted molar refractivity (Wildman–Crippen MR) is 66.4 cm³/mol. The van der Waals surface area contributed by atoms with Crippen molar-refractivity contribution in [3.8, 4) is 0 Å². The number of sulfone groups is 1. The standard InChI is InChI=1S/C12H19NO2S/c1-4-13-11(3)9-16(14,15)12-7-5-6-10(2)8-12/h5-8,11,13H,4,9H2,1-3H3. The molecule has 0 saturated carbocycles. The first-order valence-electron chi connectivity index (χ1n) is 5.48. The normalized spacial score (nSPS) is 13.7. The highest BCUT2D eigenvalue weighted by Gasteiger charge is 2.17. The molecule has 4 heteroatoms. The average molecular weight is 241 g/mol. The Bertz CT molecular complexity index is 440. The van der Waals surface area contributed by atoms with E-state index in [1.54, 1.807) is 18.2 Å². The minimum atomic E-state index is -3.17. The van der Waals surface area contributed by atoms with Gasteiger partial charge in [-0.05, 0) is 38.1 Å². The maximum Gasteiger partial charge on any atom is 0.179 e. The van der Waals surface area contributed by atoms with Crippen LogP contribution in [0.25, 0.3) is 0 Å². The fourth-order valence-electron chi connectivity index (χ4n) is 1.64. The minimum Gasteiger partial charge on any atom is -0.314 e. The molecule has 16 heavy (non-hydrogen) atoms. The van der Waals surface area contributed by atoms with Crippen LogP contribution in [0.4, 0.5) is 0 Å². The molecule has 90 valence electrons. The second-order valence-electron chi connectivity index (χ2n) is 4.06. The summed E-state index contributed by atoms with van der Waals surface area (Å²) >= 11 is 0. The Hall–Kier alpha value is -0.870. The van der Waals surface area contributed by atoms with Gasteiger partial charge in [-0.1, -0.05) is 19.1 Å². The molecule has 0 bridgehead atoms. The third-order valence-electron chi connectivity index (χ3n) is 2.37. The Balaban J connectivity index is 2.86. The molecule has 0 aliphatic heterocycles. The van der Waals surface area contributed by atoms with E-state index in [1.807, 2.05) is 26.8 Å². The van der Waals surface area contributed by atoms with E-state index in [2.05, 4.69) is 5.32 Å². The Morgan fingerprint density at radius 3 is 2.62 bits per heavy atom. The van der Waals surface area contributed by atoms with Crippen LogP contribution >= 0.6 is 0 Å². The number of benzene rings is 1.